The quantitative estimate of drug-likeness (QED) is 0.909. The number of likely N-dealkylation sites (N-methyl/N-ethyl adjacent to an activating group) is 1. The van der Waals surface area contributed by atoms with Gasteiger partial charge >= 0.3 is 0 Å². The Balaban J connectivity index is 1.90. The molecule has 2 aromatic rings. The van der Waals surface area contributed by atoms with E-state index in [1.54, 1.807) is 13.0 Å². The third kappa shape index (κ3) is 3.68. The van der Waals surface area contributed by atoms with Gasteiger partial charge in [0.2, 0.25) is 5.91 Å². The second-order valence-electron chi connectivity index (χ2n) is 4.87. The van der Waals surface area contributed by atoms with Crippen LogP contribution < -0.4 is 5.32 Å². The average Bonchev–Trinajstić information content (AvgIpc) is 2.84. The molecule has 106 valence electrons. The van der Waals surface area contributed by atoms with Crippen molar-refractivity contribution in [3.05, 3.63) is 47.7 Å². The van der Waals surface area contributed by atoms with Gasteiger partial charge in [-0.05, 0) is 26.5 Å². The monoisotopic (exact) mass is 273 g/mol. The van der Waals surface area contributed by atoms with Crippen molar-refractivity contribution >= 4 is 11.7 Å². The SMILES string of the molecule is Cc1cc(NC(=O)CN(C)[C@H](C)c2ccccc2)no1. The van der Waals surface area contributed by atoms with E-state index >= 15 is 0 Å². The molecular weight excluding hydrogens is 254 g/mol. The lowest BCUT2D eigenvalue weighted by Crippen LogP contribution is -2.32. The van der Waals surface area contributed by atoms with E-state index < -0.39 is 0 Å². The Labute approximate surface area is 118 Å². The van der Waals surface area contributed by atoms with Crippen LogP contribution in [0.5, 0.6) is 0 Å². The minimum absolute atomic E-state index is 0.108. The highest BCUT2D eigenvalue weighted by molar-refractivity contribution is 5.91. The van der Waals surface area contributed by atoms with Crippen molar-refractivity contribution in [1.82, 2.24) is 10.1 Å². The minimum atomic E-state index is -0.108. The summed E-state index contributed by atoms with van der Waals surface area (Å²) in [6.45, 7) is 4.15. The summed E-state index contributed by atoms with van der Waals surface area (Å²) in [6, 6.07) is 11.9. The normalized spacial score (nSPS) is 12.4. The van der Waals surface area contributed by atoms with Crippen LogP contribution in [0.2, 0.25) is 0 Å². The zero-order chi connectivity index (χ0) is 14.5. The molecule has 0 spiro atoms. The first kappa shape index (κ1) is 14.3. The molecule has 2 rings (SSSR count). The Morgan fingerprint density at radius 1 is 1.40 bits per heavy atom. The highest BCUT2D eigenvalue weighted by atomic mass is 16.5. The minimum Gasteiger partial charge on any atom is -0.360 e. The fraction of sp³-hybridized carbons (Fsp3) is 0.333. The van der Waals surface area contributed by atoms with Crippen LogP contribution >= 0.6 is 0 Å². The first-order valence-corrected chi connectivity index (χ1v) is 6.54. The van der Waals surface area contributed by atoms with E-state index in [1.165, 1.54) is 5.56 Å². The number of aryl methyl sites for hydroxylation is 1. The molecule has 1 atom stereocenters. The standard InChI is InChI=1S/C15H19N3O2/c1-11-9-14(17-20-11)16-15(19)10-18(3)12(2)13-7-5-4-6-8-13/h4-9,12H,10H2,1-3H3,(H,16,17,19)/t12-/m1/s1. The molecule has 1 N–H and O–H groups in total. The van der Waals surface area contributed by atoms with Gasteiger partial charge in [-0.2, -0.15) is 0 Å². The molecule has 0 saturated heterocycles. The van der Waals surface area contributed by atoms with Gasteiger partial charge in [0.1, 0.15) is 5.76 Å². The molecule has 5 nitrogen and oxygen atoms in total. The van der Waals surface area contributed by atoms with Gasteiger partial charge in [0.25, 0.3) is 0 Å². The summed E-state index contributed by atoms with van der Waals surface area (Å²) in [5, 5.41) is 6.46. The predicted octanol–water partition coefficient (Wildman–Crippen LogP) is 2.61. The number of hydrogen-bond donors (Lipinski definition) is 1. The zero-order valence-electron chi connectivity index (χ0n) is 12.0. The van der Waals surface area contributed by atoms with E-state index in [1.807, 2.05) is 30.1 Å². The summed E-state index contributed by atoms with van der Waals surface area (Å²) >= 11 is 0. The van der Waals surface area contributed by atoms with E-state index in [0.717, 1.165) is 0 Å². The predicted molar refractivity (Wildman–Crippen MR) is 77.4 cm³/mol. The fourth-order valence-electron chi connectivity index (χ4n) is 1.96. The first-order chi connectivity index (χ1) is 9.56. The molecule has 1 aromatic carbocycles. The summed E-state index contributed by atoms with van der Waals surface area (Å²) in [5.41, 5.74) is 1.18. The van der Waals surface area contributed by atoms with Gasteiger partial charge in [-0.3, -0.25) is 9.69 Å². The summed E-state index contributed by atoms with van der Waals surface area (Å²) in [6.07, 6.45) is 0. The molecule has 0 fully saturated rings. The molecule has 0 aliphatic rings. The Morgan fingerprint density at radius 2 is 2.10 bits per heavy atom. The molecule has 0 radical (unpaired) electrons. The van der Waals surface area contributed by atoms with Crippen molar-refractivity contribution in [3.8, 4) is 0 Å². The van der Waals surface area contributed by atoms with Gasteiger partial charge in [0, 0.05) is 12.1 Å². The molecule has 0 unspecified atom stereocenters. The van der Waals surface area contributed by atoms with E-state index in [2.05, 4.69) is 29.5 Å². The molecular formula is C15H19N3O2. The summed E-state index contributed by atoms with van der Waals surface area (Å²) in [4.78, 5) is 13.9. The van der Waals surface area contributed by atoms with Crippen molar-refractivity contribution in [2.75, 3.05) is 18.9 Å². The van der Waals surface area contributed by atoms with Gasteiger partial charge in [0.05, 0.1) is 6.54 Å². The van der Waals surface area contributed by atoms with Gasteiger partial charge in [-0.25, -0.2) is 0 Å². The summed E-state index contributed by atoms with van der Waals surface area (Å²) in [5.74, 6) is 1.02. The zero-order valence-corrected chi connectivity index (χ0v) is 12.0. The number of hydrogen-bond acceptors (Lipinski definition) is 4. The maximum atomic E-state index is 11.9. The lowest BCUT2D eigenvalue weighted by Gasteiger charge is -2.24. The lowest BCUT2D eigenvalue weighted by molar-refractivity contribution is -0.117. The van der Waals surface area contributed by atoms with Crippen molar-refractivity contribution in [2.45, 2.75) is 19.9 Å². The Morgan fingerprint density at radius 3 is 2.70 bits per heavy atom. The van der Waals surface area contributed by atoms with Crippen LogP contribution in [0.1, 0.15) is 24.3 Å². The van der Waals surface area contributed by atoms with Gasteiger partial charge < -0.3 is 9.84 Å². The van der Waals surface area contributed by atoms with E-state index in [-0.39, 0.29) is 11.9 Å². The topological polar surface area (TPSA) is 58.4 Å². The van der Waals surface area contributed by atoms with E-state index in [0.29, 0.717) is 18.1 Å². The van der Waals surface area contributed by atoms with Crippen molar-refractivity contribution in [2.24, 2.45) is 0 Å². The molecule has 0 aliphatic heterocycles. The van der Waals surface area contributed by atoms with Crippen LogP contribution in [0.3, 0.4) is 0 Å². The van der Waals surface area contributed by atoms with Crippen molar-refractivity contribution < 1.29 is 9.32 Å². The van der Waals surface area contributed by atoms with Crippen molar-refractivity contribution in [1.29, 1.82) is 0 Å². The summed E-state index contributed by atoms with van der Waals surface area (Å²) in [7, 11) is 1.92. The molecule has 20 heavy (non-hydrogen) atoms. The molecule has 1 heterocycles. The Kier molecular flexibility index (Phi) is 4.53. The Bertz CT molecular complexity index is 566. The number of anilines is 1. The highest BCUT2D eigenvalue weighted by Gasteiger charge is 2.15. The first-order valence-electron chi connectivity index (χ1n) is 6.54. The van der Waals surface area contributed by atoms with Crippen LogP contribution in [0.4, 0.5) is 5.82 Å². The second-order valence-corrected chi connectivity index (χ2v) is 4.87. The number of nitrogens with one attached hydrogen (secondary N) is 1. The van der Waals surface area contributed by atoms with Crippen LogP contribution in [0.25, 0.3) is 0 Å². The maximum absolute atomic E-state index is 11.9. The second kappa shape index (κ2) is 6.34. The molecule has 0 bridgehead atoms. The maximum Gasteiger partial charge on any atom is 0.239 e. The largest absolute Gasteiger partial charge is 0.360 e. The van der Waals surface area contributed by atoms with Gasteiger partial charge in [0.15, 0.2) is 5.82 Å². The number of amides is 1. The van der Waals surface area contributed by atoms with E-state index in [4.69, 9.17) is 4.52 Å². The van der Waals surface area contributed by atoms with Crippen LogP contribution in [0, 0.1) is 6.92 Å². The van der Waals surface area contributed by atoms with Gasteiger partial charge in [-0.1, -0.05) is 35.5 Å². The third-order valence-corrected chi connectivity index (χ3v) is 3.23. The fourth-order valence-corrected chi connectivity index (χ4v) is 1.96. The Hall–Kier alpha value is -2.14. The lowest BCUT2D eigenvalue weighted by atomic mass is 10.1. The third-order valence-electron chi connectivity index (χ3n) is 3.23. The average molecular weight is 273 g/mol. The van der Waals surface area contributed by atoms with Crippen molar-refractivity contribution in [3.63, 3.8) is 0 Å². The van der Waals surface area contributed by atoms with Crippen LogP contribution in [-0.2, 0) is 4.79 Å². The number of carbonyl (C=O) groups excluding carboxylic acids is 1. The van der Waals surface area contributed by atoms with Crippen LogP contribution in [-0.4, -0.2) is 29.6 Å². The molecule has 1 aromatic heterocycles. The highest BCUT2D eigenvalue weighted by Crippen LogP contribution is 2.17. The van der Waals surface area contributed by atoms with E-state index in [9.17, 15) is 4.79 Å². The molecule has 0 saturated carbocycles. The number of carbonyl (C=O) groups is 1. The number of nitrogens with zero attached hydrogens (tertiary/aromatic N) is 2. The molecule has 1 amide bonds. The summed E-state index contributed by atoms with van der Waals surface area (Å²) < 4.78 is 4.91. The number of benzene rings is 1. The molecule has 5 heteroatoms. The number of rotatable bonds is 5. The van der Waals surface area contributed by atoms with Gasteiger partial charge in [-0.15, -0.1) is 0 Å². The number of aromatic nitrogens is 1. The van der Waals surface area contributed by atoms with Crippen LogP contribution in [0.15, 0.2) is 40.9 Å². The molecule has 0 aliphatic carbocycles. The smallest absolute Gasteiger partial charge is 0.239 e.